The molecule has 0 fully saturated rings. The Morgan fingerprint density at radius 2 is 2.12 bits per heavy atom. The molecule has 5 nitrogen and oxygen atoms in total. The predicted molar refractivity (Wildman–Crippen MR) is 105 cm³/mol. The van der Waals surface area contributed by atoms with Gasteiger partial charge in [0.05, 0.1) is 10.7 Å². The first-order valence-corrected chi connectivity index (χ1v) is 9.68. The average molecular weight is 391 g/mol. The van der Waals surface area contributed by atoms with Crippen molar-refractivity contribution in [1.82, 2.24) is 14.8 Å². The van der Waals surface area contributed by atoms with Crippen LogP contribution < -0.4 is 10.9 Å². The van der Waals surface area contributed by atoms with E-state index < -0.39 is 0 Å². The number of nitrogens with zero attached hydrogens (tertiary/aromatic N) is 3. The van der Waals surface area contributed by atoms with Gasteiger partial charge in [0.1, 0.15) is 0 Å². The van der Waals surface area contributed by atoms with Gasteiger partial charge >= 0.3 is 0 Å². The van der Waals surface area contributed by atoms with Gasteiger partial charge in [0, 0.05) is 17.2 Å². The van der Waals surface area contributed by atoms with Gasteiger partial charge in [-0.1, -0.05) is 47.6 Å². The highest BCUT2D eigenvalue weighted by atomic mass is 35.5. The Bertz CT molecular complexity index is 925. The van der Waals surface area contributed by atoms with Crippen molar-refractivity contribution in [2.75, 3.05) is 5.32 Å². The Hall–Kier alpha value is -2.09. The smallest absolute Gasteiger partial charge is 0.297 e. The molecule has 0 aliphatic carbocycles. The van der Waals surface area contributed by atoms with Crippen molar-refractivity contribution < 1.29 is 0 Å². The largest absolute Gasteiger partial charge is 0.333 e. The third kappa shape index (κ3) is 4.31. The third-order valence-corrected chi connectivity index (χ3v) is 5.68. The second kappa shape index (κ2) is 8.33. The number of halogens is 1. The molecule has 0 aliphatic heterocycles. The van der Waals surface area contributed by atoms with Crippen molar-refractivity contribution in [3.8, 4) is 0 Å². The van der Waals surface area contributed by atoms with E-state index >= 15 is 0 Å². The molecule has 0 spiro atoms. The molecule has 2 heterocycles. The van der Waals surface area contributed by atoms with Gasteiger partial charge in [0.2, 0.25) is 5.82 Å². The lowest BCUT2D eigenvalue weighted by Crippen LogP contribution is -2.26. The second-order valence-corrected chi connectivity index (χ2v) is 7.39. The van der Waals surface area contributed by atoms with Crippen LogP contribution in [0.25, 0.3) is 0 Å². The van der Waals surface area contributed by atoms with Gasteiger partial charge in [0.15, 0.2) is 5.16 Å². The summed E-state index contributed by atoms with van der Waals surface area (Å²) in [6.45, 7) is 4.08. The lowest BCUT2D eigenvalue weighted by Gasteiger charge is -2.11. The number of benzene rings is 1. The fourth-order valence-corrected chi connectivity index (χ4v) is 4.00. The summed E-state index contributed by atoms with van der Waals surface area (Å²) >= 11 is 9.27. The first kappa shape index (κ1) is 17.7. The molecule has 25 heavy (non-hydrogen) atoms. The topological polar surface area (TPSA) is 59.8 Å². The fourth-order valence-electron chi connectivity index (χ4n) is 2.10. The third-order valence-electron chi connectivity index (χ3n) is 3.28. The van der Waals surface area contributed by atoms with E-state index in [1.807, 2.05) is 29.6 Å². The molecule has 0 radical (unpaired) electrons. The van der Waals surface area contributed by atoms with Crippen LogP contribution in [-0.4, -0.2) is 14.8 Å². The van der Waals surface area contributed by atoms with E-state index in [0.717, 1.165) is 5.75 Å². The van der Waals surface area contributed by atoms with Crippen molar-refractivity contribution in [2.45, 2.75) is 17.5 Å². The van der Waals surface area contributed by atoms with Gasteiger partial charge in [-0.2, -0.15) is 0 Å². The normalized spacial score (nSPS) is 10.6. The molecular weight excluding hydrogens is 376 g/mol. The Morgan fingerprint density at radius 3 is 2.84 bits per heavy atom. The van der Waals surface area contributed by atoms with Crippen LogP contribution in [0.1, 0.15) is 4.88 Å². The number of thioether (sulfide) groups is 1. The van der Waals surface area contributed by atoms with Crippen LogP contribution in [0.2, 0.25) is 5.02 Å². The molecule has 0 saturated heterocycles. The van der Waals surface area contributed by atoms with Crippen LogP contribution in [0.3, 0.4) is 0 Å². The molecule has 8 heteroatoms. The molecule has 0 atom stereocenters. The standard InChI is InChI=1S/C17H15ClN4OS2/c1-2-9-22-16(23)15(19-14-8-4-3-7-13(14)18)20-21-17(22)25-11-12-6-5-10-24-12/h2-8,10H,1,9,11H2,(H,19,20). The number of hydrogen-bond donors (Lipinski definition) is 1. The summed E-state index contributed by atoms with van der Waals surface area (Å²) in [5.41, 5.74) is 0.350. The maximum Gasteiger partial charge on any atom is 0.297 e. The number of anilines is 2. The van der Waals surface area contributed by atoms with Gasteiger partial charge in [-0.3, -0.25) is 9.36 Å². The Kier molecular flexibility index (Phi) is 5.91. The molecule has 0 bridgehead atoms. The van der Waals surface area contributed by atoms with Crippen molar-refractivity contribution in [1.29, 1.82) is 0 Å². The monoisotopic (exact) mass is 390 g/mol. The molecule has 0 saturated carbocycles. The number of hydrogen-bond acceptors (Lipinski definition) is 6. The first-order valence-electron chi connectivity index (χ1n) is 7.44. The van der Waals surface area contributed by atoms with E-state index in [-0.39, 0.29) is 11.4 Å². The quantitative estimate of drug-likeness (QED) is 0.472. The number of aromatic nitrogens is 3. The van der Waals surface area contributed by atoms with Crippen LogP contribution >= 0.6 is 34.7 Å². The molecule has 0 unspecified atom stereocenters. The summed E-state index contributed by atoms with van der Waals surface area (Å²) in [5, 5.41) is 14.3. The maximum absolute atomic E-state index is 12.8. The minimum atomic E-state index is -0.261. The maximum atomic E-state index is 12.8. The molecular formula is C17H15ClN4OS2. The highest BCUT2D eigenvalue weighted by molar-refractivity contribution is 7.98. The van der Waals surface area contributed by atoms with E-state index in [0.29, 0.717) is 22.4 Å². The zero-order valence-corrected chi connectivity index (χ0v) is 15.6. The van der Waals surface area contributed by atoms with E-state index in [1.54, 1.807) is 34.1 Å². The lowest BCUT2D eigenvalue weighted by atomic mass is 10.3. The zero-order chi connectivity index (χ0) is 17.6. The molecule has 0 aliphatic rings. The minimum Gasteiger partial charge on any atom is -0.333 e. The summed E-state index contributed by atoms with van der Waals surface area (Å²) in [5.74, 6) is 0.871. The van der Waals surface area contributed by atoms with Crippen molar-refractivity contribution in [3.05, 3.63) is 74.7 Å². The van der Waals surface area contributed by atoms with E-state index in [1.165, 1.54) is 16.6 Å². The fraction of sp³-hybridized carbons (Fsp3) is 0.118. The van der Waals surface area contributed by atoms with Crippen LogP contribution in [0.5, 0.6) is 0 Å². The van der Waals surface area contributed by atoms with E-state index in [2.05, 4.69) is 22.1 Å². The molecule has 128 valence electrons. The van der Waals surface area contributed by atoms with Crippen LogP contribution in [-0.2, 0) is 12.3 Å². The van der Waals surface area contributed by atoms with Crippen LogP contribution in [0.4, 0.5) is 11.5 Å². The average Bonchev–Trinajstić information content (AvgIpc) is 3.13. The molecule has 2 aromatic heterocycles. The highest BCUT2D eigenvalue weighted by Gasteiger charge is 2.13. The number of allylic oxidation sites excluding steroid dienone is 1. The Morgan fingerprint density at radius 1 is 1.28 bits per heavy atom. The minimum absolute atomic E-state index is 0.135. The summed E-state index contributed by atoms with van der Waals surface area (Å²) in [4.78, 5) is 14.0. The van der Waals surface area contributed by atoms with E-state index in [9.17, 15) is 4.79 Å². The molecule has 3 aromatic rings. The molecule has 1 N–H and O–H groups in total. The van der Waals surface area contributed by atoms with E-state index in [4.69, 9.17) is 11.6 Å². The van der Waals surface area contributed by atoms with Gasteiger partial charge in [-0.25, -0.2) is 0 Å². The highest BCUT2D eigenvalue weighted by Crippen LogP contribution is 2.25. The van der Waals surface area contributed by atoms with Gasteiger partial charge < -0.3 is 5.32 Å². The SMILES string of the molecule is C=CCn1c(SCc2cccs2)nnc(Nc2ccccc2Cl)c1=O. The summed E-state index contributed by atoms with van der Waals surface area (Å²) in [7, 11) is 0. The Balaban J connectivity index is 1.88. The van der Waals surface area contributed by atoms with Crippen molar-refractivity contribution in [2.24, 2.45) is 0 Å². The van der Waals surface area contributed by atoms with Gasteiger partial charge in [-0.05, 0) is 23.6 Å². The Labute approximate surface area is 158 Å². The molecule has 3 rings (SSSR count). The second-order valence-electron chi connectivity index (χ2n) is 5.01. The number of nitrogens with one attached hydrogen (secondary N) is 1. The molecule has 1 aromatic carbocycles. The van der Waals surface area contributed by atoms with Crippen LogP contribution in [0.15, 0.2) is 64.4 Å². The summed E-state index contributed by atoms with van der Waals surface area (Å²) in [6, 6.07) is 11.2. The van der Waals surface area contributed by atoms with Gasteiger partial charge in [0.25, 0.3) is 5.56 Å². The van der Waals surface area contributed by atoms with Crippen molar-refractivity contribution in [3.63, 3.8) is 0 Å². The number of rotatable bonds is 7. The lowest BCUT2D eigenvalue weighted by molar-refractivity contribution is 0.626. The predicted octanol–water partition coefficient (Wildman–Crippen LogP) is 4.58. The summed E-state index contributed by atoms with van der Waals surface area (Å²) in [6.07, 6.45) is 1.66. The van der Waals surface area contributed by atoms with Crippen molar-refractivity contribution >= 4 is 46.2 Å². The van der Waals surface area contributed by atoms with Gasteiger partial charge in [-0.15, -0.1) is 28.1 Å². The summed E-state index contributed by atoms with van der Waals surface area (Å²) < 4.78 is 1.55. The molecule has 0 amide bonds. The van der Waals surface area contributed by atoms with Crippen LogP contribution in [0, 0.1) is 0 Å². The first-order chi connectivity index (χ1) is 12.2. The number of thiophene rings is 1. The zero-order valence-electron chi connectivity index (χ0n) is 13.2. The number of para-hydroxylation sites is 1.